The van der Waals surface area contributed by atoms with Gasteiger partial charge in [0, 0.05) is 12.5 Å². The minimum absolute atomic E-state index is 0.117. The van der Waals surface area contributed by atoms with E-state index in [0.717, 1.165) is 29.5 Å². The molecule has 98 valence electrons. The van der Waals surface area contributed by atoms with E-state index < -0.39 is 6.09 Å². The molecule has 0 unspecified atom stereocenters. The number of hydrogen-bond acceptors (Lipinski definition) is 4. The highest BCUT2D eigenvalue weighted by Gasteiger charge is 2.24. The standard InChI is InChI=1S/C13H13N3O3/c1-7-14-12(16-19-7)9-2-4-10-8(6-9)3-5-11(10)15-13(17)18/h2,4,6,11,15H,3,5H2,1H3,(H,17,18)/t11-/m1/s1. The van der Waals surface area contributed by atoms with Gasteiger partial charge < -0.3 is 14.9 Å². The summed E-state index contributed by atoms with van der Waals surface area (Å²) in [6.45, 7) is 1.75. The van der Waals surface area contributed by atoms with Crippen LogP contribution in [-0.2, 0) is 6.42 Å². The molecular formula is C13H13N3O3. The quantitative estimate of drug-likeness (QED) is 0.863. The molecule has 0 saturated heterocycles. The monoisotopic (exact) mass is 259 g/mol. The van der Waals surface area contributed by atoms with Crippen molar-refractivity contribution in [3.63, 3.8) is 0 Å². The molecular weight excluding hydrogens is 246 g/mol. The first kappa shape index (κ1) is 11.7. The largest absolute Gasteiger partial charge is 0.465 e. The van der Waals surface area contributed by atoms with Crippen molar-refractivity contribution in [2.75, 3.05) is 0 Å². The zero-order chi connectivity index (χ0) is 13.4. The maximum Gasteiger partial charge on any atom is 0.405 e. The number of nitrogens with zero attached hydrogens (tertiary/aromatic N) is 2. The number of fused-ring (bicyclic) bond motifs is 1. The second-order valence-electron chi connectivity index (χ2n) is 4.59. The molecule has 3 rings (SSSR count). The number of aryl methyl sites for hydroxylation is 2. The Kier molecular flexibility index (Phi) is 2.70. The summed E-state index contributed by atoms with van der Waals surface area (Å²) in [6, 6.07) is 5.71. The topological polar surface area (TPSA) is 88.2 Å². The van der Waals surface area contributed by atoms with E-state index in [4.69, 9.17) is 9.63 Å². The zero-order valence-corrected chi connectivity index (χ0v) is 10.4. The third-order valence-electron chi connectivity index (χ3n) is 3.30. The highest BCUT2D eigenvalue weighted by atomic mass is 16.5. The molecule has 1 aromatic heterocycles. The summed E-state index contributed by atoms with van der Waals surface area (Å²) in [4.78, 5) is 14.9. The van der Waals surface area contributed by atoms with Crippen LogP contribution < -0.4 is 5.32 Å². The second-order valence-corrected chi connectivity index (χ2v) is 4.59. The molecule has 2 N–H and O–H groups in total. The summed E-state index contributed by atoms with van der Waals surface area (Å²) >= 11 is 0. The molecule has 0 fully saturated rings. The van der Waals surface area contributed by atoms with E-state index in [-0.39, 0.29) is 6.04 Å². The van der Waals surface area contributed by atoms with Crippen molar-refractivity contribution in [3.05, 3.63) is 35.2 Å². The van der Waals surface area contributed by atoms with Crippen molar-refractivity contribution in [1.82, 2.24) is 15.5 Å². The Balaban J connectivity index is 1.92. The highest BCUT2D eigenvalue weighted by molar-refractivity contribution is 5.66. The van der Waals surface area contributed by atoms with E-state index in [0.29, 0.717) is 11.7 Å². The van der Waals surface area contributed by atoms with Crippen LogP contribution in [0.25, 0.3) is 11.4 Å². The number of aromatic nitrogens is 2. The first-order chi connectivity index (χ1) is 9.13. The number of carboxylic acid groups (broad SMARTS) is 1. The van der Waals surface area contributed by atoms with Crippen molar-refractivity contribution in [2.24, 2.45) is 0 Å². The Morgan fingerprint density at radius 1 is 1.53 bits per heavy atom. The lowest BCUT2D eigenvalue weighted by Gasteiger charge is -2.11. The molecule has 1 amide bonds. The van der Waals surface area contributed by atoms with Gasteiger partial charge in [-0.3, -0.25) is 0 Å². The molecule has 6 nitrogen and oxygen atoms in total. The normalized spacial score (nSPS) is 17.2. The number of amides is 1. The van der Waals surface area contributed by atoms with Crippen LogP contribution >= 0.6 is 0 Å². The number of rotatable bonds is 2. The number of carbonyl (C=O) groups is 1. The fraction of sp³-hybridized carbons (Fsp3) is 0.308. The lowest BCUT2D eigenvalue weighted by atomic mass is 10.0. The van der Waals surface area contributed by atoms with Gasteiger partial charge in [0.05, 0.1) is 6.04 Å². The summed E-state index contributed by atoms with van der Waals surface area (Å²) in [7, 11) is 0. The van der Waals surface area contributed by atoms with Gasteiger partial charge in [0.25, 0.3) is 0 Å². The van der Waals surface area contributed by atoms with Crippen molar-refractivity contribution in [3.8, 4) is 11.4 Å². The third-order valence-corrected chi connectivity index (χ3v) is 3.30. The summed E-state index contributed by atoms with van der Waals surface area (Å²) in [6.07, 6.45) is 0.650. The molecule has 19 heavy (non-hydrogen) atoms. The Labute approximate surface area is 109 Å². The second kappa shape index (κ2) is 4.38. The average Bonchev–Trinajstić information content (AvgIpc) is 2.95. The number of hydrogen-bond donors (Lipinski definition) is 2. The van der Waals surface area contributed by atoms with Crippen LogP contribution in [0.3, 0.4) is 0 Å². The smallest absolute Gasteiger partial charge is 0.405 e. The molecule has 0 aliphatic heterocycles. The van der Waals surface area contributed by atoms with Crippen molar-refractivity contribution in [2.45, 2.75) is 25.8 Å². The van der Waals surface area contributed by atoms with E-state index in [9.17, 15) is 4.79 Å². The van der Waals surface area contributed by atoms with E-state index in [1.807, 2.05) is 18.2 Å². The van der Waals surface area contributed by atoms with Crippen LogP contribution in [0.2, 0.25) is 0 Å². The lowest BCUT2D eigenvalue weighted by Crippen LogP contribution is -2.24. The fourth-order valence-corrected chi connectivity index (χ4v) is 2.47. The van der Waals surface area contributed by atoms with Crippen LogP contribution in [0, 0.1) is 6.92 Å². The van der Waals surface area contributed by atoms with Crippen molar-refractivity contribution in [1.29, 1.82) is 0 Å². The van der Waals surface area contributed by atoms with E-state index in [2.05, 4.69) is 15.5 Å². The van der Waals surface area contributed by atoms with Gasteiger partial charge in [0.15, 0.2) is 0 Å². The Morgan fingerprint density at radius 3 is 3.05 bits per heavy atom. The predicted octanol–water partition coefficient (Wildman–Crippen LogP) is 2.30. The minimum atomic E-state index is -0.990. The molecule has 0 spiro atoms. The SMILES string of the molecule is Cc1nc(-c2ccc3c(c2)CC[C@H]3NC(=O)O)no1. The van der Waals surface area contributed by atoms with E-state index in [1.165, 1.54) is 0 Å². The molecule has 1 aliphatic carbocycles. The zero-order valence-electron chi connectivity index (χ0n) is 10.4. The third kappa shape index (κ3) is 2.16. The van der Waals surface area contributed by atoms with E-state index >= 15 is 0 Å². The summed E-state index contributed by atoms with van der Waals surface area (Å²) in [5.41, 5.74) is 3.07. The minimum Gasteiger partial charge on any atom is -0.465 e. The molecule has 1 atom stereocenters. The first-order valence-electron chi connectivity index (χ1n) is 6.06. The summed E-state index contributed by atoms with van der Waals surface area (Å²) in [5, 5.41) is 15.2. The number of nitrogens with one attached hydrogen (secondary N) is 1. The predicted molar refractivity (Wildman–Crippen MR) is 66.7 cm³/mol. The molecule has 0 radical (unpaired) electrons. The summed E-state index contributed by atoms with van der Waals surface area (Å²) in [5.74, 6) is 1.09. The highest BCUT2D eigenvalue weighted by Crippen LogP contribution is 2.33. The maximum absolute atomic E-state index is 10.7. The van der Waals surface area contributed by atoms with Crippen molar-refractivity contribution < 1.29 is 14.4 Å². The van der Waals surface area contributed by atoms with Gasteiger partial charge >= 0.3 is 6.09 Å². The Bertz CT molecular complexity index is 636. The van der Waals surface area contributed by atoms with Crippen LogP contribution in [0.1, 0.15) is 29.5 Å². The maximum atomic E-state index is 10.7. The van der Waals surface area contributed by atoms with Crippen LogP contribution in [0.15, 0.2) is 22.7 Å². The Morgan fingerprint density at radius 2 is 2.37 bits per heavy atom. The molecule has 6 heteroatoms. The molecule has 2 aromatic rings. The van der Waals surface area contributed by atoms with Gasteiger partial charge in [-0.25, -0.2) is 4.79 Å². The fourth-order valence-electron chi connectivity index (χ4n) is 2.47. The van der Waals surface area contributed by atoms with E-state index in [1.54, 1.807) is 6.92 Å². The Hall–Kier alpha value is -2.37. The first-order valence-corrected chi connectivity index (χ1v) is 6.06. The molecule has 1 heterocycles. The summed E-state index contributed by atoms with van der Waals surface area (Å²) < 4.78 is 4.96. The molecule has 1 aromatic carbocycles. The van der Waals surface area contributed by atoms with Gasteiger partial charge in [-0.1, -0.05) is 17.3 Å². The number of benzene rings is 1. The van der Waals surface area contributed by atoms with Crippen LogP contribution in [0.5, 0.6) is 0 Å². The van der Waals surface area contributed by atoms with Crippen molar-refractivity contribution >= 4 is 6.09 Å². The molecule has 1 aliphatic rings. The van der Waals surface area contributed by atoms with Gasteiger partial charge in [-0.15, -0.1) is 0 Å². The van der Waals surface area contributed by atoms with Gasteiger partial charge in [0.1, 0.15) is 0 Å². The van der Waals surface area contributed by atoms with Gasteiger partial charge in [-0.05, 0) is 30.0 Å². The molecule has 0 bridgehead atoms. The van der Waals surface area contributed by atoms with Crippen LogP contribution in [0.4, 0.5) is 4.79 Å². The lowest BCUT2D eigenvalue weighted by molar-refractivity contribution is 0.190. The van der Waals surface area contributed by atoms with Crippen LogP contribution in [-0.4, -0.2) is 21.3 Å². The van der Waals surface area contributed by atoms with Gasteiger partial charge in [-0.2, -0.15) is 4.98 Å². The average molecular weight is 259 g/mol. The molecule has 0 saturated carbocycles. The van der Waals surface area contributed by atoms with Gasteiger partial charge in [0.2, 0.25) is 11.7 Å².